The van der Waals surface area contributed by atoms with Gasteiger partial charge in [0.1, 0.15) is 30.1 Å². The molecule has 1 aromatic carbocycles. The van der Waals surface area contributed by atoms with E-state index >= 15 is 0 Å². The van der Waals surface area contributed by atoms with E-state index in [4.69, 9.17) is 18.9 Å². The molecular weight excluding hydrogens is 544 g/mol. The lowest BCUT2D eigenvalue weighted by molar-refractivity contribution is -0.357. The second-order valence-corrected chi connectivity index (χ2v) is 8.90. The van der Waals surface area contributed by atoms with Crippen LogP contribution in [0.15, 0.2) is 93.9 Å². The zero-order valence-corrected chi connectivity index (χ0v) is 23.8. The first-order valence-corrected chi connectivity index (χ1v) is 13.3. The van der Waals surface area contributed by atoms with Gasteiger partial charge >= 0.3 is 17.9 Å². The van der Waals surface area contributed by atoms with Gasteiger partial charge in [0.25, 0.3) is 0 Å². The number of benzene rings is 1. The highest BCUT2D eigenvalue weighted by atomic mass is 16.6. The van der Waals surface area contributed by atoms with Crippen molar-refractivity contribution in [2.45, 2.75) is 52.4 Å². The number of carbonyl (C=O) groups excluding carboxylic acids is 3. The molecule has 2 aliphatic rings. The van der Waals surface area contributed by atoms with Gasteiger partial charge in [-0.3, -0.25) is 5.01 Å². The van der Waals surface area contributed by atoms with Gasteiger partial charge < -0.3 is 24.1 Å². The lowest BCUT2D eigenvalue weighted by Gasteiger charge is -2.29. The van der Waals surface area contributed by atoms with Gasteiger partial charge in [-0.25, -0.2) is 14.4 Å². The van der Waals surface area contributed by atoms with Gasteiger partial charge in [-0.2, -0.15) is 10.2 Å². The Hall–Kier alpha value is -5.09. The van der Waals surface area contributed by atoms with Crippen molar-refractivity contribution in [2.75, 3.05) is 18.2 Å². The number of ether oxygens (including phenoxy) is 4. The molecule has 12 nitrogen and oxygen atoms in total. The number of azo groups is 1. The summed E-state index contributed by atoms with van der Waals surface area (Å²) >= 11 is 0. The molecule has 1 unspecified atom stereocenters. The third kappa shape index (κ3) is 7.98. The van der Waals surface area contributed by atoms with Crippen LogP contribution in [0.2, 0.25) is 0 Å². The third-order valence-corrected chi connectivity index (χ3v) is 5.96. The van der Waals surface area contributed by atoms with Gasteiger partial charge in [-0.1, -0.05) is 31.7 Å². The Morgan fingerprint density at radius 3 is 2.60 bits per heavy atom. The number of para-hydroxylation sites is 1. The number of anilines is 1. The summed E-state index contributed by atoms with van der Waals surface area (Å²) in [5, 5.41) is 25.1. The first-order valence-electron chi connectivity index (χ1n) is 13.3. The summed E-state index contributed by atoms with van der Waals surface area (Å²) in [4.78, 5) is 38.8. The van der Waals surface area contributed by atoms with E-state index < -0.39 is 42.1 Å². The maximum atomic E-state index is 13.2. The first kappa shape index (κ1) is 31.4. The van der Waals surface area contributed by atoms with E-state index in [1.54, 1.807) is 52.0 Å². The van der Waals surface area contributed by atoms with E-state index in [9.17, 15) is 19.5 Å². The van der Waals surface area contributed by atoms with Crippen LogP contribution < -0.4 is 10.1 Å². The molecule has 0 bridgehead atoms. The van der Waals surface area contributed by atoms with Gasteiger partial charge in [-0.05, 0) is 39.5 Å². The fourth-order valence-corrected chi connectivity index (χ4v) is 3.89. The number of carbonyl (C=O) groups is 3. The van der Waals surface area contributed by atoms with Crippen LogP contribution in [0.5, 0.6) is 0 Å². The minimum Gasteiger partial charge on any atom is -0.612 e. The van der Waals surface area contributed by atoms with Crippen molar-refractivity contribution in [3.05, 3.63) is 90.2 Å². The summed E-state index contributed by atoms with van der Waals surface area (Å²) in [6, 6.07) is 5.92. The molecule has 0 radical (unpaired) electrons. The van der Waals surface area contributed by atoms with Crippen molar-refractivity contribution < 1.29 is 38.4 Å². The Morgan fingerprint density at radius 2 is 1.88 bits per heavy atom. The average molecular weight is 577 g/mol. The monoisotopic (exact) mass is 576 g/mol. The summed E-state index contributed by atoms with van der Waals surface area (Å²) in [6.07, 6.45) is 8.26. The maximum Gasteiger partial charge on any atom is 0.399 e. The van der Waals surface area contributed by atoms with Crippen LogP contribution in [-0.2, 0) is 28.5 Å². The molecule has 3 atom stereocenters. The number of rotatable bonds is 13. The van der Waals surface area contributed by atoms with Crippen LogP contribution >= 0.6 is 0 Å². The quantitative estimate of drug-likeness (QED) is 0.0855. The van der Waals surface area contributed by atoms with E-state index in [1.165, 1.54) is 29.3 Å². The van der Waals surface area contributed by atoms with Crippen molar-refractivity contribution in [3.8, 4) is 0 Å². The second-order valence-electron chi connectivity index (χ2n) is 8.90. The molecule has 0 saturated carbocycles. The van der Waals surface area contributed by atoms with Crippen LogP contribution in [0.1, 0.15) is 44.5 Å². The van der Waals surface area contributed by atoms with E-state index in [2.05, 4.69) is 28.0 Å². The molecule has 1 aliphatic heterocycles. The fraction of sp³-hybridized carbons (Fsp3) is 0.333. The highest BCUT2D eigenvalue weighted by Gasteiger charge is 2.40. The Morgan fingerprint density at radius 1 is 1.14 bits per heavy atom. The summed E-state index contributed by atoms with van der Waals surface area (Å²) < 4.78 is 21.1. The lowest BCUT2D eigenvalue weighted by atomic mass is 10.0. The van der Waals surface area contributed by atoms with Crippen LogP contribution in [-0.4, -0.2) is 55.1 Å². The molecule has 12 heteroatoms. The second kappa shape index (κ2) is 15.1. The van der Waals surface area contributed by atoms with Crippen molar-refractivity contribution in [1.29, 1.82) is 0 Å². The largest absolute Gasteiger partial charge is 0.612 e. The summed E-state index contributed by atoms with van der Waals surface area (Å²) in [5.74, 6) is -2.66. The predicted octanol–water partition coefficient (Wildman–Crippen LogP) is 3.68. The van der Waals surface area contributed by atoms with Gasteiger partial charge in [0.15, 0.2) is 0 Å². The summed E-state index contributed by atoms with van der Waals surface area (Å²) in [5.41, 5.74) is 0.834. The molecule has 0 saturated heterocycles. The van der Waals surface area contributed by atoms with E-state index in [-0.39, 0.29) is 42.2 Å². The molecule has 0 spiro atoms. The number of nitrogens with zero attached hydrogens (tertiary/aromatic N) is 4. The van der Waals surface area contributed by atoms with Gasteiger partial charge in [0.05, 0.1) is 42.1 Å². The first-order chi connectivity index (χ1) is 20.2. The highest BCUT2D eigenvalue weighted by molar-refractivity contribution is 6.37. The van der Waals surface area contributed by atoms with Crippen molar-refractivity contribution in [3.63, 3.8) is 0 Å². The molecule has 0 aromatic heterocycles. The highest BCUT2D eigenvalue weighted by Crippen LogP contribution is 2.32. The number of hydrazone groups is 1. The van der Waals surface area contributed by atoms with Crippen molar-refractivity contribution in [2.24, 2.45) is 15.3 Å². The molecule has 0 amide bonds. The minimum atomic E-state index is -0.847. The van der Waals surface area contributed by atoms with E-state index in [0.29, 0.717) is 5.69 Å². The molecule has 220 valence electrons. The third-order valence-electron chi connectivity index (χ3n) is 5.96. The Kier molecular flexibility index (Phi) is 11.3. The fourth-order valence-electron chi connectivity index (χ4n) is 3.89. The molecule has 3 rings (SSSR count). The molecule has 42 heavy (non-hydrogen) atoms. The number of hydrogen-bond donors (Lipinski definition) is 0. The molecular formula is C30H32N4O8. The summed E-state index contributed by atoms with van der Waals surface area (Å²) in [6.45, 7) is 10.6. The van der Waals surface area contributed by atoms with Crippen LogP contribution in [0, 0.1) is 6.08 Å². The predicted molar refractivity (Wildman–Crippen MR) is 151 cm³/mol. The number of hydrogen-bond acceptors (Lipinski definition) is 12. The van der Waals surface area contributed by atoms with Gasteiger partial charge in [0.2, 0.25) is 11.3 Å². The van der Waals surface area contributed by atoms with Gasteiger partial charge in [0, 0.05) is 12.5 Å². The zero-order valence-electron chi connectivity index (χ0n) is 23.8. The SMILES string of the molecule is C=CC(C)OC(=O)c1ccccc1N1N=C(C(=O)OCC)C[C@@H]1[C@@H](C)OC(=O)C1=C(N=N/C=C(\[O-])OCC)C=C[C+]=C1. The average Bonchev–Trinajstić information content (AvgIpc) is 3.43. The van der Waals surface area contributed by atoms with E-state index in [0.717, 1.165) is 6.20 Å². The number of allylic oxidation sites excluding steroid dienone is 3. The van der Waals surface area contributed by atoms with Gasteiger partial charge in [-0.15, -0.1) is 5.11 Å². The Balaban J connectivity index is 1.91. The Labute approximate surface area is 244 Å². The van der Waals surface area contributed by atoms with Crippen molar-refractivity contribution >= 4 is 29.3 Å². The molecule has 1 aliphatic carbocycles. The number of esters is 3. The van der Waals surface area contributed by atoms with Crippen molar-refractivity contribution in [1.82, 2.24) is 0 Å². The summed E-state index contributed by atoms with van der Waals surface area (Å²) in [7, 11) is 0. The smallest absolute Gasteiger partial charge is 0.399 e. The normalized spacial score (nSPS) is 17.8. The van der Waals surface area contributed by atoms with Crippen LogP contribution in [0.25, 0.3) is 0 Å². The van der Waals surface area contributed by atoms with E-state index in [1.807, 2.05) is 0 Å². The molecule has 1 aromatic rings. The minimum absolute atomic E-state index is 0.0452. The van der Waals surface area contributed by atoms with Crippen LogP contribution in [0.4, 0.5) is 5.69 Å². The molecule has 0 fully saturated rings. The maximum absolute atomic E-state index is 13.2. The molecule has 0 N–H and O–H groups in total. The van der Waals surface area contributed by atoms with Crippen LogP contribution in [0.3, 0.4) is 0 Å². The lowest BCUT2D eigenvalue weighted by Crippen LogP contribution is -2.40. The zero-order chi connectivity index (χ0) is 30.6. The topological polar surface area (TPSA) is 152 Å². The molecule has 1 heterocycles. The Bertz CT molecular complexity index is 1370. The standard InChI is InChI=1S/C30H32N4O8/c1-6-19(4)41-29(37)22-14-10-12-16-25(22)34-26(17-24(33-34)30(38)40-8-3)20(5)42-28(36)21-13-9-11-15-23(21)32-31-18-27(35)39-7-2/h6,10-16,18-20,26H,1,7-8,17H2,2-5H3/t19?,20-,26-/m1/s1.